The number of amides is 2. The number of nitrogens with one attached hydrogen (secondary N) is 2. The summed E-state index contributed by atoms with van der Waals surface area (Å²) in [5, 5.41) is 5.50. The number of hydrogen-bond donors (Lipinski definition) is 2. The molecule has 0 bridgehead atoms. The molecule has 7 heteroatoms. The maximum atomic E-state index is 12.5. The van der Waals surface area contributed by atoms with Gasteiger partial charge in [-0.1, -0.05) is 30.3 Å². The summed E-state index contributed by atoms with van der Waals surface area (Å²) in [5.74, 6) is 0.827. The van der Waals surface area contributed by atoms with Gasteiger partial charge >= 0.3 is 0 Å². The van der Waals surface area contributed by atoms with Crippen LogP contribution in [0.1, 0.15) is 27.7 Å². The van der Waals surface area contributed by atoms with Crippen molar-refractivity contribution in [2.45, 2.75) is 6.04 Å². The third-order valence-electron chi connectivity index (χ3n) is 4.32. The highest BCUT2D eigenvalue weighted by molar-refractivity contribution is 5.97. The van der Waals surface area contributed by atoms with Crippen molar-refractivity contribution in [3.8, 4) is 11.5 Å². The van der Waals surface area contributed by atoms with Crippen LogP contribution in [0.2, 0.25) is 0 Å². The summed E-state index contributed by atoms with van der Waals surface area (Å²) >= 11 is 0. The van der Waals surface area contributed by atoms with Gasteiger partial charge in [-0.15, -0.1) is 0 Å². The number of hydrogen-bond acceptors (Lipinski definition) is 5. The maximum absolute atomic E-state index is 12.5. The second-order valence-electron chi connectivity index (χ2n) is 6.18. The summed E-state index contributed by atoms with van der Waals surface area (Å²) in [6, 6.07) is 17.4. The minimum Gasteiger partial charge on any atom is -0.493 e. The van der Waals surface area contributed by atoms with E-state index in [1.165, 1.54) is 14.2 Å². The number of methoxy groups -OCH3 is 2. The predicted octanol–water partition coefficient (Wildman–Crippen LogP) is 2.93. The van der Waals surface area contributed by atoms with Crippen LogP contribution in [0, 0.1) is 0 Å². The molecule has 1 aromatic heterocycles. The molecule has 0 fully saturated rings. The Bertz CT molecular complexity index is 955. The summed E-state index contributed by atoms with van der Waals surface area (Å²) in [6.45, 7) is -0.183. The van der Waals surface area contributed by atoms with E-state index in [-0.39, 0.29) is 12.5 Å². The van der Waals surface area contributed by atoms with Crippen LogP contribution in [-0.4, -0.2) is 32.6 Å². The molecule has 1 heterocycles. The first-order chi connectivity index (χ1) is 14.1. The monoisotopic (exact) mass is 394 g/mol. The van der Waals surface area contributed by atoms with E-state index in [0.717, 1.165) is 5.56 Å². The van der Waals surface area contributed by atoms with E-state index in [2.05, 4.69) is 10.6 Å². The fourth-order valence-corrected chi connectivity index (χ4v) is 2.87. The van der Waals surface area contributed by atoms with Gasteiger partial charge in [0, 0.05) is 5.56 Å². The first-order valence-electron chi connectivity index (χ1n) is 9.00. The van der Waals surface area contributed by atoms with Crippen molar-refractivity contribution in [1.29, 1.82) is 0 Å². The van der Waals surface area contributed by atoms with Crippen LogP contribution in [0.25, 0.3) is 0 Å². The number of rotatable bonds is 8. The smallest absolute Gasteiger partial charge is 0.251 e. The van der Waals surface area contributed by atoms with Gasteiger partial charge in [0.05, 0.1) is 27.0 Å². The van der Waals surface area contributed by atoms with Gasteiger partial charge in [-0.25, -0.2) is 0 Å². The molecule has 0 aliphatic rings. The molecule has 0 aliphatic carbocycles. The normalized spacial score (nSPS) is 11.4. The second-order valence-corrected chi connectivity index (χ2v) is 6.18. The molecule has 0 aliphatic heterocycles. The highest BCUT2D eigenvalue weighted by atomic mass is 16.5. The molecular weight excluding hydrogens is 372 g/mol. The highest BCUT2D eigenvalue weighted by Gasteiger charge is 2.20. The van der Waals surface area contributed by atoms with Gasteiger partial charge in [0.2, 0.25) is 5.91 Å². The lowest BCUT2D eigenvalue weighted by Crippen LogP contribution is -2.39. The Morgan fingerprint density at radius 3 is 2.38 bits per heavy atom. The van der Waals surface area contributed by atoms with Gasteiger partial charge in [0.25, 0.3) is 5.91 Å². The largest absolute Gasteiger partial charge is 0.493 e. The van der Waals surface area contributed by atoms with Gasteiger partial charge in [-0.3, -0.25) is 9.59 Å². The van der Waals surface area contributed by atoms with Crippen LogP contribution in [0.15, 0.2) is 71.3 Å². The molecule has 150 valence electrons. The minimum absolute atomic E-state index is 0.183. The summed E-state index contributed by atoms with van der Waals surface area (Å²) in [6.07, 6.45) is 1.55. The number of ether oxygens (including phenoxy) is 2. The number of carbonyl (C=O) groups is 2. The zero-order valence-electron chi connectivity index (χ0n) is 16.2. The average molecular weight is 394 g/mol. The van der Waals surface area contributed by atoms with E-state index in [4.69, 9.17) is 13.9 Å². The molecule has 0 saturated heterocycles. The molecular formula is C22H22N2O5. The van der Waals surface area contributed by atoms with Crippen molar-refractivity contribution in [1.82, 2.24) is 10.6 Å². The van der Waals surface area contributed by atoms with Crippen LogP contribution in [0.4, 0.5) is 0 Å². The minimum atomic E-state index is -0.448. The van der Waals surface area contributed by atoms with Crippen LogP contribution >= 0.6 is 0 Å². The fourth-order valence-electron chi connectivity index (χ4n) is 2.87. The lowest BCUT2D eigenvalue weighted by atomic mass is 10.0. The van der Waals surface area contributed by atoms with Gasteiger partial charge in [0.15, 0.2) is 11.5 Å². The van der Waals surface area contributed by atoms with Crippen molar-refractivity contribution < 1.29 is 23.5 Å². The van der Waals surface area contributed by atoms with Crippen molar-refractivity contribution in [3.63, 3.8) is 0 Å². The molecule has 2 amide bonds. The quantitative estimate of drug-likeness (QED) is 0.613. The molecule has 1 unspecified atom stereocenters. The summed E-state index contributed by atoms with van der Waals surface area (Å²) in [5.41, 5.74) is 1.24. The first kappa shape index (κ1) is 20.0. The Balaban J connectivity index is 1.64. The van der Waals surface area contributed by atoms with E-state index in [0.29, 0.717) is 22.8 Å². The maximum Gasteiger partial charge on any atom is 0.251 e. The molecule has 3 aromatic rings. The van der Waals surface area contributed by atoms with Crippen LogP contribution in [0.5, 0.6) is 11.5 Å². The van der Waals surface area contributed by atoms with Crippen molar-refractivity contribution in [2.24, 2.45) is 0 Å². The SMILES string of the molecule is COc1ccc(C(=O)NCC(=O)NC(c2ccccc2)c2ccco2)cc1OC. The topological polar surface area (TPSA) is 89.8 Å². The third kappa shape index (κ3) is 4.95. The zero-order chi connectivity index (χ0) is 20.6. The number of benzene rings is 2. The molecule has 0 radical (unpaired) electrons. The van der Waals surface area contributed by atoms with Gasteiger partial charge in [0.1, 0.15) is 11.8 Å². The highest BCUT2D eigenvalue weighted by Crippen LogP contribution is 2.27. The van der Waals surface area contributed by atoms with E-state index >= 15 is 0 Å². The fraction of sp³-hybridized carbons (Fsp3) is 0.182. The van der Waals surface area contributed by atoms with E-state index in [1.54, 1.807) is 36.6 Å². The van der Waals surface area contributed by atoms with Gasteiger partial charge < -0.3 is 24.5 Å². The standard InChI is InChI=1S/C22H22N2O5/c1-27-17-11-10-16(13-19(17)28-2)22(26)23-14-20(25)24-21(18-9-6-12-29-18)15-7-4-3-5-8-15/h3-13,21H,14H2,1-2H3,(H,23,26)(H,24,25). The van der Waals surface area contributed by atoms with Crippen molar-refractivity contribution >= 4 is 11.8 Å². The van der Waals surface area contributed by atoms with Crippen LogP contribution in [0.3, 0.4) is 0 Å². The summed E-state index contributed by atoms with van der Waals surface area (Å²) in [4.78, 5) is 24.9. The Morgan fingerprint density at radius 2 is 1.72 bits per heavy atom. The lowest BCUT2D eigenvalue weighted by Gasteiger charge is -2.17. The van der Waals surface area contributed by atoms with Gasteiger partial charge in [-0.05, 0) is 35.9 Å². The number of furan rings is 1. The van der Waals surface area contributed by atoms with E-state index < -0.39 is 11.9 Å². The van der Waals surface area contributed by atoms with Crippen molar-refractivity contribution in [2.75, 3.05) is 20.8 Å². The molecule has 0 spiro atoms. The molecule has 2 N–H and O–H groups in total. The average Bonchev–Trinajstić information content (AvgIpc) is 3.30. The molecule has 1 atom stereocenters. The van der Waals surface area contributed by atoms with Crippen molar-refractivity contribution in [3.05, 3.63) is 83.8 Å². The van der Waals surface area contributed by atoms with E-state index in [9.17, 15) is 9.59 Å². The molecule has 0 saturated carbocycles. The summed E-state index contributed by atoms with van der Waals surface area (Å²) in [7, 11) is 3.01. The molecule has 29 heavy (non-hydrogen) atoms. The van der Waals surface area contributed by atoms with Gasteiger partial charge in [-0.2, -0.15) is 0 Å². The van der Waals surface area contributed by atoms with Crippen LogP contribution in [-0.2, 0) is 4.79 Å². The third-order valence-corrected chi connectivity index (χ3v) is 4.32. The Labute approximate surface area is 168 Å². The molecule has 7 nitrogen and oxygen atoms in total. The summed E-state index contributed by atoms with van der Waals surface area (Å²) < 4.78 is 15.8. The Hall–Kier alpha value is -3.74. The first-order valence-corrected chi connectivity index (χ1v) is 9.00. The second kappa shape index (κ2) is 9.45. The van der Waals surface area contributed by atoms with E-state index in [1.807, 2.05) is 30.3 Å². The number of carbonyl (C=O) groups excluding carboxylic acids is 2. The molecule has 3 rings (SSSR count). The Kier molecular flexibility index (Phi) is 6.52. The predicted molar refractivity (Wildman–Crippen MR) is 107 cm³/mol. The molecule has 2 aromatic carbocycles. The Morgan fingerprint density at radius 1 is 0.966 bits per heavy atom. The zero-order valence-corrected chi connectivity index (χ0v) is 16.2. The van der Waals surface area contributed by atoms with Crippen LogP contribution < -0.4 is 20.1 Å². The lowest BCUT2D eigenvalue weighted by molar-refractivity contribution is -0.120.